The number of methoxy groups -OCH3 is 1. The second kappa shape index (κ2) is 4.67. The average molecular weight is 233 g/mol. The number of esters is 1. The van der Waals surface area contributed by atoms with E-state index in [-0.39, 0.29) is 5.69 Å². The Kier molecular flexibility index (Phi) is 3.49. The van der Waals surface area contributed by atoms with Crippen LogP contribution in [-0.4, -0.2) is 24.1 Å². The van der Waals surface area contributed by atoms with Gasteiger partial charge in [-0.3, -0.25) is 9.64 Å². The number of carbonyl (C=O) groups is 1. The van der Waals surface area contributed by atoms with Crippen molar-refractivity contribution in [1.29, 1.82) is 5.26 Å². The van der Waals surface area contributed by atoms with E-state index in [0.29, 0.717) is 5.89 Å². The fourth-order valence-corrected chi connectivity index (χ4v) is 1.46. The van der Waals surface area contributed by atoms with Crippen LogP contribution in [0.15, 0.2) is 10.7 Å². The third kappa shape index (κ3) is 1.98. The number of hydrogen-bond acceptors (Lipinski definition) is 5. The highest BCUT2D eigenvalue weighted by atomic mass is 16.5. The van der Waals surface area contributed by atoms with Crippen molar-refractivity contribution in [2.24, 2.45) is 0 Å². The van der Waals surface area contributed by atoms with Crippen LogP contribution in [0.3, 0.4) is 0 Å². The standard InChI is InChI=1S/C11H11N3O3/c1-7-14-9(6-17-7)11(2,10(15)16-4)8(5-12)13-3/h6,8H,1-2,4H3. The van der Waals surface area contributed by atoms with E-state index >= 15 is 0 Å². The molecule has 6 nitrogen and oxygen atoms in total. The van der Waals surface area contributed by atoms with E-state index in [0.717, 1.165) is 0 Å². The molecule has 2 atom stereocenters. The zero-order valence-corrected chi connectivity index (χ0v) is 9.72. The molecule has 1 aromatic rings. The van der Waals surface area contributed by atoms with Gasteiger partial charge < -0.3 is 9.15 Å². The summed E-state index contributed by atoms with van der Waals surface area (Å²) in [6.07, 6.45) is 1.27. The summed E-state index contributed by atoms with van der Waals surface area (Å²) in [4.78, 5) is 19.0. The molecule has 0 N–H and O–H groups in total. The van der Waals surface area contributed by atoms with Crippen LogP contribution in [0.2, 0.25) is 0 Å². The number of carbonyl (C=O) groups excluding carboxylic acids is 1. The van der Waals surface area contributed by atoms with Crippen LogP contribution in [0, 0.1) is 24.8 Å². The first kappa shape index (κ1) is 12.7. The van der Waals surface area contributed by atoms with Crippen molar-refractivity contribution in [3.05, 3.63) is 29.3 Å². The summed E-state index contributed by atoms with van der Waals surface area (Å²) in [7, 11) is 1.20. The van der Waals surface area contributed by atoms with Gasteiger partial charge in [-0.05, 0) is 6.92 Å². The quantitative estimate of drug-likeness (QED) is 0.579. The molecule has 0 fully saturated rings. The van der Waals surface area contributed by atoms with Gasteiger partial charge in [-0.25, -0.2) is 11.6 Å². The molecule has 0 spiro atoms. The van der Waals surface area contributed by atoms with Gasteiger partial charge in [-0.1, -0.05) is 0 Å². The Morgan fingerprint density at radius 2 is 2.47 bits per heavy atom. The Hall–Kier alpha value is -2.34. The minimum Gasteiger partial charge on any atom is -0.468 e. The van der Waals surface area contributed by atoms with E-state index in [9.17, 15) is 4.79 Å². The maximum Gasteiger partial charge on any atom is 0.328 e. The van der Waals surface area contributed by atoms with Gasteiger partial charge in [0.25, 0.3) is 0 Å². The summed E-state index contributed by atoms with van der Waals surface area (Å²) in [5, 5.41) is 8.94. The van der Waals surface area contributed by atoms with Crippen molar-refractivity contribution in [2.45, 2.75) is 25.3 Å². The Morgan fingerprint density at radius 1 is 1.82 bits per heavy atom. The monoisotopic (exact) mass is 233 g/mol. The number of rotatable bonds is 3. The molecule has 1 aromatic heterocycles. The highest BCUT2D eigenvalue weighted by Crippen LogP contribution is 2.30. The van der Waals surface area contributed by atoms with Gasteiger partial charge in [0.05, 0.1) is 7.11 Å². The first-order chi connectivity index (χ1) is 8.00. The van der Waals surface area contributed by atoms with Crippen LogP contribution in [0.1, 0.15) is 18.5 Å². The van der Waals surface area contributed by atoms with Gasteiger partial charge in [0, 0.05) is 6.92 Å². The first-order valence-corrected chi connectivity index (χ1v) is 4.77. The molecule has 0 aliphatic carbocycles. The fourth-order valence-electron chi connectivity index (χ4n) is 1.46. The molecule has 1 rings (SSSR count). The number of aryl methyl sites for hydroxylation is 1. The van der Waals surface area contributed by atoms with E-state index < -0.39 is 17.4 Å². The van der Waals surface area contributed by atoms with Crippen molar-refractivity contribution >= 4 is 5.97 Å². The van der Waals surface area contributed by atoms with Crippen LogP contribution in [0.25, 0.3) is 4.85 Å². The molecule has 0 saturated heterocycles. The van der Waals surface area contributed by atoms with E-state index in [1.54, 1.807) is 13.0 Å². The second-order valence-corrected chi connectivity index (χ2v) is 3.61. The minimum absolute atomic E-state index is 0.226. The molecule has 2 unspecified atom stereocenters. The van der Waals surface area contributed by atoms with Gasteiger partial charge >= 0.3 is 12.0 Å². The van der Waals surface area contributed by atoms with Crippen LogP contribution < -0.4 is 0 Å². The van der Waals surface area contributed by atoms with Crippen LogP contribution in [0.4, 0.5) is 0 Å². The number of oxazole rings is 1. The van der Waals surface area contributed by atoms with Crippen LogP contribution in [-0.2, 0) is 14.9 Å². The molecule has 0 bridgehead atoms. The predicted octanol–water partition coefficient (Wildman–Crippen LogP) is 1.23. The minimum atomic E-state index is -1.44. The number of aromatic nitrogens is 1. The van der Waals surface area contributed by atoms with Gasteiger partial charge in [0.2, 0.25) is 0 Å². The smallest absolute Gasteiger partial charge is 0.328 e. The number of nitriles is 1. The van der Waals surface area contributed by atoms with E-state index in [2.05, 4.69) is 14.6 Å². The zero-order valence-electron chi connectivity index (χ0n) is 9.72. The van der Waals surface area contributed by atoms with E-state index in [4.69, 9.17) is 16.3 Å². The van der Waals surface area contributed by atoms with Crippen LogP contribution in [0.5, 0.6) is 0 Å². The van der Waals surface area contributed by atoms with Crippen molar-refractivity contribution in [3.8, 4) is 6.07 Å². The molecule has 88 valence electrons. The van der Waals surface area contributed by atoms with Crippen molar-refractivity contribution < 1.29 is 13.9 Å². The SMILES string of the molecule is [C-]#[N+]C(C#N)C(C)(C(=O)OC)c1coc(C)n1. The maximum atomic E-state index is 11.8. The second-order valence-electron chi connectivity index (χ2n) is 3.61. The lowest BCUT2D eigenvalue weighted by molar-refractivity contribution is -0.147. The normalized spacial score (nSPS) is 15.1. The molecular formula is C11H11N3O3. The average Bonchev–Trinajstić information content (AvgIpc) is 2.76. The van der Waals surface area contributed by atoms with Gasteiger partial charge in [-0.15, -0.1) is 0 Å². The van der Waals surface area contributed by atoms with Crippen molar-refractivity contribution in [1.82, 2.24) is 4.98 Å². The molecule has 0 amide bonds. The Bertz CT molecular complexity index is 495. The van der Waals surface area contributed by atoms with Crippen molar-refractivity contribution in [3.63, 3.8) is 0 Å². The molecule has 0 aliphatic rings. The van der Waals surface area contributed by atoms with Gasteiger partial charge in [0.1, 0.15) is 12.0 Å². The topological polar surface area (TPSA) is 80.5 Å². The molecule has 1 heterocycles. The largest absolute Gasteiger partial charge is 0.468 e. The molecule has 17 heavy (non-hydrogen) atoms. The molecule has 0 aromatic carbocycles. The lowest BCUT2D eigenvalue weighted by atomic mass is 9.80. The molecule has 0 aliphatic heterocycles. The summed E-state index contributed by atoms with van der Waals surface area (Å²) in [5.41, 5.74) is -1.22. The van der Waals surface area contributed by atoms with E-state index in [1.165, 1.54) is 20.3 Å². The lowest BCUT2D eigenvalue weighted by Gasteiger charge is -2.21. The third-order valence-electron chi connectivity index (χ3n) is 2.56. The highest BCUT2D eigenvalue weighted by molar-refractivity contribution is 5.84. The Labute approximate surface area is 98.6 Å². The fraction of sp³-hybridized carbons (Fsp3) is 0.455. The summed E-state index contributed by atoms with van der Waals surface area (Å²) in [6.45, 7) is 10.0. The number of nitrogens with zero attached hydrogens (tertiary/aromatic N) is 3. The number of hydrogen-bond donors (Lipinski definition) is 0. The van der Waals surface area contributed by atoms with Gasteiger partial charge in [-0.2, -0.15) is 5.26 Å². The van der Waals surface area contributed by atoms with Crippen molar-refractivity contribution in [2.75, 3.05) is 7.11 Å². The van der Waals surface area contributed by atoms with Crippen LogP contribution >= 0.6 is 0 Å². The third-order valence-corrected chi connectivity index (χ3v) is 2.56. The zero-order chi connectivity index (χ0) is 13.1. The van der Waals surface area contributed by atoms with E-state index in [1.807, 2.05) is 0 Å². The summed E-state index contributed by atoms with van der Waals surface area (Å²) in [5.74, 6) is -0.329. The number of ether oxygens (including phenoxy) is 1. The summed E-state index contributed by atoms with van der Waals surface area (Å²) in [6, 6.07) is 0.570. The first-order valence-electron chi connectivity index (χ1n) is 4.77. The van der Waals surface area contributed by atoms with Gasteiger partial charge in [0.15, 0.2) is 17.4 Å². The molecule has 0 saturated carbocycles. The summed E-state index contributed by atoms with van der Waals surface area (Å²) >= 11 is 0. The predicted molar refractivity (Wildman–Crippen MR) is 56.6 cm³/mol. The lowest BCUT2D eigenvalue weighted by Crippen LogP contribution is -2.43. The maximum absolute atomic E-state index is 11.8. The summed E-state index contributed by atoms with van der Waals surface area (Å²) < 4.78 is 9.66. The highest BCUT2D eigenvalue weighted by Gasteiger charge is 2.52. The molecule has 6 heteroatoms. The Morgan fingerprint density at radius 3 is 2.82 bits per heavy atom. The Balaban J connectivity index is 3.36. The molecule has 0 radical (unpaired) electrons. The molecular weight excluding hydrogens is 222 g/mol.